The first-order valence-electron chi connectivity index (χ1n) is 6.47. The van der Waals surface area contributed by atoms with E-state index in [2.05, 4.69) is 5.32 Å². The fourth-order valence-corrected chi connectivity index (χ4v) is 2.02. The molecule has 0 aliphatic heterocycles. The summed E-state index contributed by atoms with van der Waals surface area (Å²) >= 11 is 0. The normalized spacial score (nSPS) is 12.2. The van der Waals surface area contributed by atoms with Crippen LogP contribution in [0.25, 0.3) is 0 Å². The summed E-state index contributed by atoms with van der Waals surface area (Å²) in [6.45, 7) is 1.04. The van der Waals surface area contributed by atoms with Crippen molar-refractivity contribution in [2.45, 2.75) is 12.6 Å². The molecule has 2 N–H and O–H groups in total. The summed E-state index contributed by atoms with van der Waals surface area (Å²) in [5.74, 6) is -0.0194. The van der Waals surface area contributed by atoms with Gasteiger partial charge in [0.1, 0.15) is 11.6 Å². The molecule has 106 valence electrons. The number of hydrogen-bond donors (Lipinski definition) is 2. The van der Waals surface area contributed by atoms with E-state index in [-0.39, 0.29) is 5.82 Å². The summed E-state index contributed by atoms with van der Waals surface area (Å²) < 4.78 is 18.2. The van der Waals surface area contributed by atoms with Gasteiger partial charge in [-0.1, -0.05) is 30.3 Å². The fraction of sp³-hybridized carbons (Fsp3) is 0.250. The standard InChI is InChI=1S/C16H18FNO2/c1-20-16-9-13(17)7-8-14(16)15(19)11-18-10-12-5-3-2-4-6-12/h2-9,15,18-19H,10-11H2,1H3/t15-/m1/s1. The van der Waals surface area contributed by atoms with Crippen molar-refractivity contribution in [2.24, 2.45) is 0 Å². The Kier molecular flexibility index (Phi) is 5.09. The van der Waals surface area contributed by atoms with Crippen LogP contribution < -0.4 is 10.1 Å². The van der Waals surface area contributed by atoms with E-state index in [1.54, 1.807) is 6.07 Å². The minimum Gasteiger partial charge on any atom is -0.496 e. The van der Waals surface area contributed by atoms with Crippen molar-refractivity contribution in [3.8, 4) is 5.75 Å². The lowest BCUT2D eigenvalue weighted by Crippen LogP contribution is -2.21. The second-order valence-corrected chi connectivity index (χ2v) is 4.52. The van der Waals surface area contributed by atoms with E-state index >= 15 is 0 Å². The maximum Gasteiger partial charge on any atom is 0.127 e. The van der Waals surface area contributed by atoms with Gasteiger partial charge in [0, 0.05) is 24.7 Å². The maximum absolute atomic E-state index is 13.1. The van der Waals surface area contributed by atoms with Crippen LogP contribution in [0.2, 0.25) is 0 Å². The molecule has 0 fully saturated rings. The predicted octanol–water partition coefficient (Wildman–Crippen LogP) is 2.66. The topological polar surface area (TPSA) is 41.5 Å². The lowest BCUT2D eigenvalue weighted by molar-refractivity contribution is 0.170. The number of ether oxygens (including phenoxy) is 1. The number of halogens is 1. The molecule has 4 heteroatoms. The highest BCUT2D eigenvalue weighted by atomic mass is 19.1. The molecule has 0 heterocycles. The largest absolute Gasteiger partial charge is 0.496 e. The highest BCUT2D eigenvalue weighted by molar-refractivity contribution is 5.35. The van der Waals surface area contributed by atoms with Crippen molar-refractivity contribution in [3.63, 3.8) is 0 Å². The number of aliphatic hydroxyl groups is 1. The predicted molar refractivity (Wildman–Crippen MR) is 76.1 cm³/mol. The van der Waals surface area contributed by atoms with E-state index in [0.717, 1.165) is 5.56 Å². The Balaban J connectivity index is 1.93. The zero-order valence-corrected chi connectivity index (χ0v) is 11.3. The quantitative estimate of drug-likeness (QED) is 0.851. The average molecular weight is 275 g/mol. The van der Waals surface area contributed by atoms with Crippen molar-refractivity contribution >= 4 is 0 Å². The molecule has 2 aromatic carbocycles. The Hall–Kier alpha value is -1.91. The van der Waals surface area contributed by atoms with Crippen LogP contribution >= 0.6 is 0 Å². The first-order valence-corrected chi connectivity index (χ1v) is 6.47. The van der Waals surface area contributed by atoms with E-state index in [0.29, 0.717) is 24.4 Å². The third-order valence-electron chi connectivity index (χ3n) is 3.06. The van der Waals surface area contributed by atoms with Crippen LogP contribution in [0, 0.1) is 5.82 Å². The lowest BCUT2D eigenvalue weighted by Gasteiger charge is -2.15. The molecule has 0 radical (unpaired) electrons. The van der Waals surface area contributed by atoms with Crippen LogP contribution in [0.5, 0.6) is 5.75 Å². The van der Waals surface area contributed by atoms with Gasteiger partial charge >= 0.3 is 0 Å². The molecule has 0 spiro atoms. The summed E-state index contributed by atoms with van der Waals surface area (Å²) in [5.41, 5.74) is 1.72. The Morgan fingerprint density at radius 3 is 2.65 bits per heavy atom. The first kappa shape index (κ1) is 14.5. The summed E-state index contributed by atoms with van der Waals surface area (Å²) in [7, 11) is 1.46. The lowest BCUT2D eigenvalue weighted by atomic mass is 10.1. The van der Waals surface area contributed by atoms with Crippen molar-refractivity contribution < 1.29 is 14.2 Å². The molecule has 0 aromatic heterocycles. The number of nitrogens with one attached hydrogen (secondary N) is 1. The minimum absolute atomic E-state index is 0.360. The molecule has 0 aliphatic carbocycles. The molecule has 0 unspecified atom stereocenters. The summed E-state index contributed by atoms with van der Waals surface area (Å²) in [5, 5.41) is 13.3. The molecule has 0 bridgehead atoms. The molecule has 3 nitrogen and oxygen atoms in total. The number of rotatable bonds is 6. The molecular weight excluding hydrogens is 257 g/mol. The molecule has 0 saturated carbocycles. The van der Waals surface area contributed by atoms with Gasteiger partial charge in [0.25, 0.3) is 0 Å². The van der Waals surface area contributed by atoms with Crippen LogP contribution in [0.15, 0.2) is 48.5 Å². The highest BCUT2D eigenvalue weighted by Gasteiger charge is 2.13. The van der Waals surface area contributed by atoms with Crippen molar-refractivity contribution in [2.75, 3.05) is 13.7 Å². The molecule has 1 atom stereocenters. The van der Waals surface area contributed by atoms with Gasteiger partial charge in [-0.2, -0.15) is 0 Å². The van der Waals surface area contributed by atoms with E-state index in [1.165, 1.54) is 19.2 Å². The Labute approximate surface area is 118 Å². The van der Waals surface area contributed by atoms with Crippen molar-refractivity contribution in [1.82, 2.24) is 5.32 Å². The molecule has 0 saturated heterocycles. The number of hydrogen-bond acceptors (Lipinski definition) is 3. The SMILES string of the molecule is COc1cc(F)ccc1[C@H](O)CNCc1ccccc1. The Morgan fingerprint density at radius 2 is 1.95 bits per heavy atom. The van der Waals surface area contributed by atoms with Gasteiger partial charge in [-0.15, -0.1) is 0 Å². The molecule has 20 heavy (non-hydrogen) atoms. The van der Waals surface area contributed by atoms with E-state index in [1.807, 2.05) is 30.3 Å². The van der Waals surface area contributed by atoms with Gasteiger partial charge in [-0.3, -0.25) is 0 Å². The third kappa shape index (κ3) is 3.79. The Bertz CT molecular complexity index is 545. The average Bonchev–Trinajstić information content (AvgIpc) is 2.48. The number of benzene rings is 2. The maximum atomic E-state index is 13.1. The van der Waals surface area contributed by atoms with E-state index in [9.17, 15) is 9.50 Å². The molecular formula is C16H18FNO2. The van der Waals surface area contributed by atoms with Gasteiger partial charge in [-0.25, -0.2) is 4.39 Å². The molecule has 0 amide bonds. The van der Waals surface area contributed by atoms with Crippen molar-refractivity contribution in [1.29, 1.82) is 0 Å². The first-order chi connectivity index (χ1) is 9.70. The zero-order chi connectivity index (χ0) is 14.4. The fourth-order valence-electron chi connectivity index (χ4n) is 2.02. The van der Waals surface area contributed by atoms with Crippen LogP contribution in [-0.4, -0.2) is 18.8 Å². The molecule has 0 aliphatic rings. The monoisotopic (exact) mass is 275 g/mol. The van der Waals surface area contributed by atoms with E-state index in [4.69, 9.17) is 4.74 Å². The van der Waals surface area contributed by atoms with E-state index < -0.39 is 6.10 Å². The number of methoxy groups -OCH3 is 1. The second kappa shape index (κ2) is 7.03. The second-order valence-electron chi connectivity index (χ2n) is 4.52. The van der Waals surface area contributed by atoms with Crippen molar-refractivity contribution in [3.05, 3.63) is 65.5 Å². The van der Waals surface area contributed by atoms with Gasteiger partial charge in [-0.05, 0) is 17.7 Å². The Morgan fingerprint density at radius 1 is 1.20 bits per heavy atom. The van der Waals surface area contributed by atoms with Gasteiger partial charge in [0.05, 0.1) is 13.2 Å². The van der Waals surface area contributed by atoms with Crippen LogP contribution in [0.1, 0.15) is 17.2 Å². The van der Waals surface area contributed by atoms with Gasteiger partial charge < -0.3 is 15.2 Å². The van der Waals surface area contributed by atoms with Gasteiger partial charge in [0.2, 0.25) is 0 Å². The van der Waals surface area contributed by atoms with Gasteiger partial charge in [0.15, 0.2) is 0 Å². The smallest absolute Gasteiger partial charge is 0.127 e. The molecule has 2 aromatic rings. The number of aliphatic hydroxyl groups excluding tert-OH is 1. The highest BCUT2D eigenvalue weighted by Crippen LogP contribution is 2.25. The van der Waals surface area contributed by atoms with Crippen LogP contribution in [0.4, 0.5) is 4.39 Å². The third-order valence-corrected chi connectivity index (χ3v) is 3.06. The summed E-state index contributed by atoms with van der Waals surface area (Å²) in [6.07, 6.45) is -0.741. The summed E-state index contributed by atoms with van der Waals surface area (Å²) in [6, 6.07) is 14.1. The van der Waals surface area contributed by atoms with Crippen LogP contribution in [0.3, 0.4) is 0 Å². The minimum atomic E-state index is -0.741. The molecule has 2 rings (SSSR count). The summed E-state index contributed by atoms with van der Waals surface area (Å²) in [4.78, 5) is 0. The van der Waals surface area contributed by atoms with Crippen LogP contribution in [-0.2, 0) is 6.54 Å². The zero-order valence-electron chi connectivity index (χ0n) is 11.3.